The van der Waals surface area contributed by atoms with Crippen LogP contribution in [0.3, 0.4) is 0 Å². The molecule has 1 aromatic rings. The van der Waals surface area contributed by atoms with Crippen molar-refractivity contribution in [3.05, 3.63) is 29.3 Å². The number of rotatable bonds is 7. The summed E-state index contributed by atoms with van der Waals surface area (Å²) in [5, 5.41) is 6.86. The van der Waals surface area contributed by atoms with E-state index in [2.05, 4.69) is 29.7 Å². The first-order valence-electron chi connectivity index (χ1n) is 6.68. The molecule has 0 heterocycles. The molecule has 3 nitrogen and oxygen atoms in total. The number of ether oxygens (including phenoxy) is 1. The van der Waals surface area contributed by atoms with Crippen molar-refractivity contribution in [3.63, 3.8) is 0 Å². The largest absolute Gasteiger partial charge is 0.496 e. The van der Waals surface area contributed by atoms with Crippen LogP contribution < -0.4 is 15.4 Å². The summed E-state index contributed by atoms with van der Waals surface area (Å²) in [5.41, 5.74) is 3.04. The van der Waals surface area contributed by atoms with Gasteiger partial charge in [-0.3, -0.25) is 0 Å². The summed E-state index contributed by atoms with van der Waals surface area (Å²) in [7, 11) is 3.77. The Morgan fingerprint density at radius 1 is 1.28 bits per heavy atom. The fraction of sp³-hybridized carbons (Fsp3) is 0.600. The van der Waals surface area contributed by atoms with E-state index in [1.165, 1.54) is 24.0 Å². The van der Waals surface area contributed by atoms with E-state index in [1.54, 1.807) is 7.11 Å². The summed E-state index contributed by atoms with van der Waals surface area (Å²) in [6, 6.07) is 6.34. The Morgan fingerprint density at radius 3 is 2.67 bits per heavy atom. The fourth-order valence-corrected chi connectivity index (χ4v) is 2.48. The first-order chi connectivity index (χ1) is 8.69. The summed E-state index contributed by atoms with van der Waals surface area (Å²) in [5.74, 6) is 0.978. The molecule has 0 aromatic heterocycles. The smallest absolute Gasteiger partial charge is 0.123 e. The Bertz CT molecular complexity index is 399. The van der Waals surface area contributed by atoms with Crippen LogP contribution in [0.2, 0.25) is 0 Å². The molecule has 1 aromatic carbocycles. The maximum Gasteiger partial charge on any atom is 0.123 e. The van der Waals surface area contributed by atoms with Gasteiger partial charge in [0.15, 0.2) is 0 Å². The topological polar surface area (TPSA) is 33.3 Å². The Kier molecular flexibility index (Phi) is 4.25. The Balaban J connectivity index is 1.88. The van der Waals surface area contributed by atoms with Crippen LogP contribution in [0, 0.1) is 12.3 Å². The zero-order valence-corrected chi connectivity index (χ0v) is 11.7. The summed E-state index contributed by atoms with van der Waals surface area (Å²) >= 11 is 0. The molecule has 3 heteroatoms. The number of benzene rings is 1. The van der Waals surface area contributed by atoms with E-state index in [9.17, 15) is 0 Å². The highest BCUT2D eigenvalue weighted by molar-refractivity contribution is 5.36. The molecule has 0 unspecified atom stereocenters. The number of methoxy groups -OCH3 is 1. The minimum atomic E-state index is 0.506. The van der Waals surface area contributed by atoms with Gasteiger partial charge in [0.2, 0.25) is 0 Å². The molecule has 1 aliphatic rings. The van der Waals surface area contributed by atoms with E-state index in [0.29, 0.717) is 5.41 Å². The van der Waals surface area contributed by atoms with Crippen LogP contribution in [0.5, 0.6) is 5.75 Å². The maximum absolute atomic E-state index is 5.39. The van der Waals surface area contributed by atoms with Crippen LogP contribution in [0.4, 0.5) is 0 Å². The van der Waals surface area contributed by atoms with Crippen molar-refractivity contribution in [2.24, 2.45) is 5.41 Å². The lowest BCUT2D eigenvalue weighted by Crippen LogP contribution is -2.31. The normalized spacial score (nSPS) is 16.6. The summed E-state index contributed by atoms with van der Waals surface area (Å²) in [6.07, 6.45) is 2.68. The van der Waals surface area contributed by atoms with Gasteiger partial charge in [0, 0.05) is 25.2 Å². The SMILES string of the molecule is CNCC1(CNCc2cc(C)ccc2OC)CC1. The minimum Gasteiger partial charge on any atom is -0.496 e. The van der Waals surface area contributed by atoms with Crippen LogP contribution in [-0.4, -0.2) is 27.2 Å². The molecule has 1 aliphatic carbocycles. The van der Waals surface area contributed by atoms with Crippen molar-refractivity contribution in [1.82, 2.24) is 10.6 Å². The van der Waals surface area contributed by atoms with E-state index < -0.39 is 0 Å². The van der Waals surface area contributed by atoms with Gasteiger partial charge < -0.3 is 15.4 Å². The molecule has 18 heavy (non-hydrogen) atoms. The average molecular weight is 248 g/mol. The van der Waals surface area contributed by atoms with E-state index in [0.717, 1.165) is 25.4 Å². The second-order valence-electron chi connectivity index (χ2n) is 5.45. The lowest BCUT2D eigenvalue weighted by atomic mass is 10.1. The maximum atomic E-state index is 5.39. The zero-order chi connectivity index (χ0) is 13.0. The van der Waals surface area contributed by atoms with Crippen LogP contribution >= 0.6 is 0 Å². The van der Waals surface area contributed by atoms with Gasteiger partial charge >= 0.3 is 0 Å². The molecule has 2 N–H and O–H groups in total. The Morgan fingerprint density at radius 2 is 2.06 bits per heavy atom. The quantitative estimate of drug-likeness (QED) is 0.775. The highest BCUT2D eigenvalue weighted by atomic mass is 16.5. The second kappa shape index (κ2) is 5.72. The third kappa shape index (κ3) is 3.24. The number of aryl methyl sites for hydroxylation is 1. The van der Waals surface area contributed by atoms with Crippen molar-refractivity contribution in [1.29, 1.82) is 0 Å². The summed E-state index contributed by atoms with van der Waals surface area (Å²) in [4.78, 5) is 0. The number of hydrogen-bond donors (Lipinski definition) is 2. The van der Waals surface area contributed by atoms with Gasteiger partial charge in [-0.2, -0.15) is 0 Å². The van der Waals surface area contributed by atoms with Crippen molar-refractivity contribution in [2.45, 2.75) is 26.3 Å². The van der Waals surface area contributed by atoms with Gasteiger partial charge in [-0.05, 0) is 38.3 Å². The molecular weight excluding hydrogens is 224 g/mol. The third-order valence-electron chi connectivity index (χ3n) is 3.76. The summed E-state index contributed by atoms with van der Waals surface area (Å²) in [6.45, 7) is 5.21. The van der Waals surface area contributed by atoms with Crippen LogP contribution in [-0.2, 0) is 6.54 Å². The highest BCUT2D eigenvalue weighted by Gasteiger charge is 2.41. The Hall–Kier alpha value is -1.06. The van der Waals surface area contributed by atoms with Gasteiger partial charge in [-0.1, -0.05) is 17.7 Å². The molecule has 0 atom stereocenters. The average Bonchev–Trinajstić information content (AvgIpc) is 3.10. The van der Waals surface area contributed by atoms with E-state index >= 15 is 0 Å². The molecule has 0 radical (unpaired) electrons. The van der Waals surface area contributed by atoms with Gasteiger partial charge in [-0.15, -0.1) is 0 Å². The molecule has 1 saturated carbocycles. The zero-order valence-electron chi connectivity index (χ0n) is 11.7. The molecule has 0 bridgehead atoms. The molecule has 0 saturated heterocycles. The second-order valence-corrected chi connectivity index (χ2v) is 5.45. The molecule has 1 fully saturated rings. The standard InChI is InChI=1S/C15H24N2O/c1-12-4-5-14(18-3)13(8-12)9-17-11-15(6-7-15)10-16-2/h4-5,8,16-17H,6-7,9-11H2,1-3H3. The third-order valence-corrected chi connectivity index (χ3v) is 3.76. The van der Waals surface area contributed by atoms with Crippen molar-refractivity contribution in [2.75, 3.05) is 27.2 Å². The van der Waals surface area contributed by atoms with E-state index in [1.807, 2.05) is 13.1 Å². The lowest BCUT2D eigenvalue weighted by molar-refractivity contribution is 0.401. The van der Waals surface area contributed by atoms with Gasteiger partial charge in [-0.25, -0.2) is 0 Å². The molecule has 0 spiro atoms. The van der Waals surface area contributed by atoms with Gasteiger partial charge in [0.25, 0.3) is 0 Å². The van der Waals surface area contributed by atoms with Crippen molar-refractivity contribution < 1.29 is 4.74 Å². The monoisotopic (exact) mass is 248 g/mol. The molecular formula is C15H24N2O. The Labute approximate surface area is 110 Å². The van der Waals surface area contributed by atoms with Crippen LogP contribution in [0.25, 0.3) is 0 Å². The molecule has 0 amide bonds. The predicted molar refractivity (Wildman–Crippen MR) is 75.0 cm³/mol. The molecule has 0 aliphatic heterocycles. The van der Waals surface area contributed by atoms with Gasteiger partial charge in [0.05, 0.1) is 7.11 Å². The predicted octanol–water partition coefficient (Wildman–Crippen LogP) is 2.09. The van der Waals surface area contributed by atoms with E-state index in [-0.39, 0.29) is 0 Å². The van der Waals surface area contributed by atoms with Crippen molar-refractivity contribution in [3.8, 4) is 5.75 Å². The lowest BCUT2D eigenvalue weighted by Gasteiger charge is -2.16. The molecule has 100 valence electrons. The minimum absolute atomic E-state index is 0.506. The summed E-state index contributed by atoms with van der Waals surface area (Å²) < 4.78 is 5.39. The fourth-order valence-electron chi connectivity index (χ4n) is 2.48. The van der Waals surface area contributed by atoms with Crippen LogP contribution in [0.1, 0.15) is 24.0 Å². The highest BCUT2D eigenvalue weighted by Crippen LogP contribution is 2.44. The van der Waals surface area contributed by atoms with Crippen LogP contribution in [0.15, 0.2) is 18.2 Å². The first kappa shape index (κ1) is 13.4. The van der Waals surface area contributed by atoms with Gasteiger partial charge in [0.1, 0.15) is 5.75 Å². The number of nitrogens with one attached hydrogen (secondary N) is 2. The first-order valence-corrected chi connectivity index (χ1v) is 6.68. The van der Waals surface area contributed by atoms with Crippen molar-refractivity contribution >= 4 is 0 Å². The number of hydrogen-bond acceptors (Lipinski definition) is 3. The molecule has 2 rings (SSSR count). The van der Waals surface area contributed by atoms with E-state index in [4.69, 9.17) is 4.74 Å².